The summed E-state index contributed by atoms with van der Waals surface area (Å²) < 4.78 is 83.9. The van der Waals surface area contributed by atoms with Gasteiger partial charge >= 0.3 is 12.3 Å². The second-order valence-corrected chi connectivity index (χ2v) is 19.2. The number of carbonyl (C=O) groups is 4. The van der Waals surface area contributed by atoms with Crippen molar-refractivity contribution < 1.29 is 50.2 Å². The minimum Gasteiger partial charge on any atom is -0.472 e. The molecule has 4 saturated carbocycles. The van der Waals surface area contributed by atoms with Crippen molar-refractivity contribution >= 4 is 50.4 Å². The highest BCUT2D eigenvalue weighted by Crippen LogP contribution is 2.47. The first kappa shape index (κ1) is 40.5. The van der Waals surface area contributed by atoms with Crippen LogP contribution in [0.4, 0.5) is 18.0 Å². The van der Waals surface area contributed by atoms with E-state index in [4.69, 9.17) is 14.5 Å². The van der Waals surface area contributed by atoms with Crippen molar-refractivity contribution in [1.82, 2.24) is 34.9 Å². The van der Waals surface area contributed by atoms with E-state index in [0.29, 0.717) is 37.8 Å². The Morgan fingerprint density at radius 3 is 2.47 bits per heavy atom. The van der Waals surface area contributed by atoms with E-state index in [9.17, 15) is 40.8 Å². The number of aromatic nitrogens is 3. The number of nitrogens with one attached hydrogen (secondary N) is 3. The Morgan fingerprint density at radius 1 is 0.967 bits per heavy atom. The van der Waals surface area contributed by atoms with Crippen molar-refractivity contribution in [2.75, 3.05) is 6.54 Å². The number of ether oxygens (including phenoxy) is 2. The Morgan fingerprint density at radius 2 is 1.73 bits per heavy atom. The summed E-state index contributed by atoms with van der Waals surface area (Å²) in [4.78, 5) is 62.3. The van der Waals surface area contributed by atoms with Gasteiger partial charge in [-0.15, -0.1) is 0 Å². The number of hydrogen-bond donors (Lipinski definition) is 3. The normalized spacial score (nSPS) is 28.1. The number of hydrogen-bond acceptors (Lipinski definition) is 10. The van der Waals surface area contributed by atoms with Gasteiger partial charge in [0.05, 0.1) is 23.1 Å². The van der Waals surface area contributed by atoms with Gasteiger partial charge < -0.3 is 25.0 Å². The lowest BCUT2D eigenvalue weighted by molar-refractivity contribution is -0.141. The van der Waals surface area contributed by atoms with Gasteiger partial charge in [-0.05, 0) is 89.2 Å². The first-order valence-electron chi connectivity index (χ1n) is 21.1. The number of fused-ring (bicyclic) bond motifs is 5. The van der Waals surface area contributed by atoms with Gasteiger partial charge in [0.2, 0.25) is 27.7 Å². The fraction of sp³-hybridized carbons (Fsp3) is 0.610. The number of amides is 4. The van der Waals surface area contributed by atoms with E-state index >= 15 is 0 Å². The molecule has 9 rings (SSSR count). The van der Waals surface area contributed by atoms with Gasteiger partial charge in [0.15, 0.2) is 5.65 Å². The lowest BCUT2D eigenvalue weighted by atomic mass is 10.0. The van der Waals surface area contributed by atoms with Crippen LogP contribution < -0.4 is 20.1 Å². The van der Waals surface area contributed by atoms with Crippen molar-refractivity contribution in [3.63, 3.8) is 0 Å². The minimum atomic E-state index is -4.69. The average molecular weight is 856 g/mol. The molecular formula is C41H48F3N7O8S. The van der Waals surface area contributed by atoms with Crippen LogP contribution in [0.15, 0.2) is 36.4 Å². The predicted molar refractivity (Wildman–Crippen MR) is 209 cm³/mol. The lowest BCUT2D eigenvalue weighted by Crippen LogP contribution is -2.58. The van der Waals surface area contributed by atoms with Crippen LogP contribution in [0.5, 0.6) is 5.88 Å². The van der Waals surface area contributed by atoms with Crippen LogP contribution in [0.3, 0.4) is 0 Å². The molecule has 5 atom stereocenters. The van der Waals surface area contributed by atoms with Crippen LogP contribution in [-0.4, -0.2) is 93.4 Å². The standard InChI is InChI=1S/C41H48F3N7O8S/c42-41(43,44)29-13-8-12-28-34(29)48-51-33(20-31(23-15-16-23)45-35(28)51)58-26-19-32-36(52)47-40(38(54)49-60(56,57)27-17-18-27)21-24(40)9-4-2-1-3-5-14-30(37(53)50(32)22-26)46-39(55)59-25-10-6-7-11-25/h4,8-9,12-13,20,23-27,30,32H,1-3,5-7,10-11,14-19,21-22H2,(H,46,55)(H,47,52)(H,49,54)/t24-,26-,30+,32+,40-/m1/s1. The van der Waals surface area contributed by atoms with E-state index in [1.807, 2.05) is 12.2 Å². The Balaban J connectivity index is 1.05. The number of alkyl halides is 3. The summed E-state index contributed by atoms with van der Waals surface area (Å²) in [5.41, 5.74) is -2.04. The van der Waals surface area contributed by atoms with Gasteiger partial charge in [-0.1, -0.05) is 31.1 Å². The van der Waals surface area contributed by atoms with E-state index in [-0.39, 0.29) is 60.3 Å². The Hall–Kier alpha value is -4.94. The molecule has 6 aliphatic rings. The molecule has 0 unspecified atom stereocenters. The molecule has 0 spiro atoms. The van der Waals surface area contributed by atoms with Gasteiger partial charge in [-0.3, -0.25) is 19.1 Å². The van der Waals surface area contributed by atoms with Crippen LogP contribution in [-0.2, 0) is 35.3 Å². The van der Waals surface area contributed by atoms with E-state index in [1.54, 1.807) is 6.07 Å². The molecule has 2 aromatic heterocycles. The van der Waals surface area contributed by atoms with Crippen molar-refractivity contribution in [1.29, 1.82) is 0 Å². The van der Waals surface area contributed by atoms with Gasteiger partial charge in [0, 0.05) is 29.7 Å². The summed E-state index contributed by atoms with van der Waals surface area (Å²) in [6.45, 7) is -0.164. The predicted octanol–water partition coefficient (Wildman–Crippen LogP) is 5.17. The van der Waals surface area contributed by atoms with E-state index in [0.717, 1.165) is 51.0 Å². The van der Waals surface area contributed by atoms with Gasteiger partial charge in [-0.25, -0.2) is 18.2 Å². The smallest absolute Gasteiger partial charge is 0.418 e. The van der Waals surface area contributed by atoms with Gasteiger partial charge in [0.1, 0.15) is 35.3 Å². The highest BCUT2D eigenvalue weighted by atomic mass is 32.2. The van der Waals surface area contributed by atoms with Gasteiger partial charge in [-0.2, -0.15) is 22.8 Å². The largest absolute Gasteiger partial charge is 0.472 e. The zero-order valence-electron chi connectivity index (χ0n) is 32.9. The van der Waals surface area contributed by atoms with Crippen LogP contribution in [0.25, 0.3) is 16.6 Å². The van der Waals surface area contributed by atoms with Gasteiger partial charge in [0.25, 0.3) is 5.91 Å². The molecule has 4 heterocycles. The van der Waals surface area contributed by atoms with E-state index in [1.165, 1.54) is 21.5 Å². The third-order valence-electron chi connectivity index (χ3n) is 12.7. The zero-order chi connectivity index (χ0) is 42.0. The fourth-order valence-corrected chi connectivity index (χ4v) is 10.3. The second kappa shape index (κ2) is 15.5. The molecule has 0 radical (unpaired) electrons. The third kappa shape index (κ3) is 8.12. The number of nitrogens with zero attached hydrogens (tertiary/aromatic N) is 4. The number of sulfonamides is 1. The van der Waals surface area contributed by atoms with E-state index in [2.05, 4.69) is 20.5 Å². The Labute approximate surface area is 344 Å². The van der Waals surface area contributed by atoms with Crippen molar-refractivity contribution in [2.45, 2.75) is 143 Å². The number of benzene rings is 1. The molecule has 0 bridgehead atoms. The SMILES string of the molecule is O=C(N[C@H]1CCCCCC=C[C@@H]2C[C@@]2(C(=O)NS(=O)(=O)C2CC2)NC(=O)[C@@H]2C[C@@H](Oc3cc(C4CC4)nc4c5cccc(C(F)(F)F)c5nn34)CN2C1=O)OC1CCCC1. The Kier molecular flexibility index (Phi) is 10.5. The van der Waals surface area contributed by atoms with Crippen LogP contribution in [0.2, 0.25) is 0 Å². The summed E-state index contributed by atoms with van der Waals surface area (Å²) >= 11 is 0. The number of carbonyl (C=O) groups excluding carboxylic acids is 4. The maximum Gasteiger partial charge on any atom is 0.418 e. The monoisotopic (exact) mass is 855 g/mol. The summed E-state index contributed by atoms with van der Waals surface area (Å²) in [6, 6.07) is 3.08. The molecule has 2 aliphatic heterocycles. The van der Waals surface area contributed by atoms with E-state index < -0.39 is 80.5 Å². The van der Waals surface area contributed by atoms with Crippen molar-refractivity contribution in [3.8, 4) is 5.88 Å². The maximum atomic E-state index is 14.7. The minimum absolute atomic E-state index is 0.0718. The molecule has 19 heteroatoms. The summed E-state index contributed by atoms with van der Waals surface area (Å²) in [5.74, 6) is -2.49. The molecule has 15 nitrogen and oxygen atoms in total. The first-order valence-corrected chi connectivity index (χ1v) is 22.6. The molecule has 3 aromatic rings. The molecule has 4 aliphatic carbocycles. The second-order valence-electron chi connectivity index (χ2n) is 17.2. The van der Waals surface area contributed by atoms with Crippen LogP contribution in [0, 0.1) is 5.92 Å². The van der Waals surface area contributed by atoms with Crippen LogP contribution >= 0.6 is 0 Å². The molecule has 4 amide bonds. The molecule has 60 heavy (non-hydrogen) atoms. The molecule has 322 valence electrons. The average Bonchev–Trinajstić information content (AvgIpc) is 4.16. The zero-order valence-corrected chi connectivity index (χ0v) is 33.7. The number of halogens is 3. The third-order valence-corrected chi connectivity index (χ3v) is 14.5. The fourth-order valence-electron chi connectivity index (χ4n) is 8.95. The summed E-state index contributed by atoms with van der Waals surface area (Å²) in [6.07, 6.45) is 5.93. The number of rotatable bonds is 8. The molecular weight excluding hydrogens is 808 g/mol. The maximum absolute atomic E-state index is 14.7. The number of alkyl carbamates (subject to hydrolysis) is 1. The molecule has 5 fully saturated rings. The highest BCUT2D eigenvalue weighted by Gasteiger charge is 2.62. The molecule has 1 aromatic carbocycles. The molecule has 1 saturated heterocycles. The van der Waals surface area contributed by atoms with Crippen molar-refractivity contribution in [2.24, 2.45) is 5.92 Å². The topological polar surface area (TPSA) is 190 Å². The Bertz CT molecular complexity index is 2360. The molecule has 3 N–H and O–H groups in total. The van der Waals surface area contributed by atoms with Crippen LogP contribution in [0.1, 0.15) is 113 Å². The number of allylic oxidation sites excluding steroid dienone is 1. The lowest BCUT2D eigenvalue weighted by Gasteiger charge is -2.30. The van der Waals surface area contributed by atoms with Crippen molar-refractivity contribution in [3.05, 3.63) is 47.7 Å². The summed E-state index contributed by atoms with van der Waals surface area (Å²) in [5, 5.41) is 9.44. The first-order chi connectivity index (χ1) is 28.7. The highest BCUT2D eigenvalue weighted by molar-refractivity contribution is 7.91. The quantitative estimate of drug-likeness (QED) is 0.255. The summed E-state index contributed by atoms with van der Waals surface area (Å²) in [7, 11) is -3.96.